The number of carbonyl (C=O) groups excluding carboxylic acids is 1. The molecule has 7 heteroatoms. The van der Waals surface area contributed by atoms with Crippen LogP contribution in [0.15, 0.2) is 4.99 Å². The summed E-state index contributed by atoms with van der Waals surface area (Å²) < 4.78 is 0. The molecule has 21 heavy (non-hydrogen) atoms. The molecule has 0 saturated heterocycles. The molecule has 0 aliphatic carbocycles. The lowest BCUT2D eigenvalue weighted by atomic mass is 9.93. The first-order valence-electron chi connectivity index (χ1n) is 7.21. The highest BCUT2D eigenvalue weighted by molar-refractivity contribution is 14.0. The first kappa shape index (κ1) is 23.1. The van der Waals surface area contributed by atoms with Crippen LogP contribution in [0, 0.1) is 5.41 Å². The molecular formula is C14H31IN4OS. The molecule has 0 spiro atoms. The number of rotatable bonds is 9. The first-order chi connectivity index (χ1) is 9.47. The smallest absolute Gasteiger partial charge is 0.227 e. The molecule has 0 atom stereocenters. The molecule has 0 radical (unpaired) electrons. The second kappa shape index (κ2) is 13.5. The summed E-state index contributed by atoms with van der Waals surface area (Å²) in [5.41, 5.74) is -0.490. The molecule has 0 aliphatic rings. The molecule has 0 fully saturated rings. The van der Waals surface area contributed by atoms with Gasteiger partial charge in [-0.3, -0.25) is 9.79 Å². The fourth-order valence-electron chi connectivity index (χ4n) is 1.61. The highest BCUT2D eigenvalue weighted by Gasteiger charge is 2.26. The Hall–Kier alpha value is -0.180. The maximum atomic E-state index is 11.7. The van der Waals surface area contributed by atoms with Crippen LogP contribution in [0.5, 0.6) is 0 Å². The van der Waals surface area contributed by atoms with Crippen LogP contribution in [0.1, 0.15) is 33.6 Å². The van der Waals surface area contributed by atoms with Crippen molar-refractivity contribution in [2.45, 2.75) is 33.6 Å². The molecule has 126 valence electrons. The summed E-state index contributed by atoms with van der Waals surface area (Å²) in [6.07, 6.45) is 4.46. The van der Waals surface area contributed by atoms with Crippen LogP contribution in [0.3, 0.4) is 0 Å². The van der Waals surface area contributed by atoms with Gasteiger partial charge < -0.3 is 16.0 Å². The molecule has 0 aromatic carbocycles. The van der Waals surface area contributed by atoms with E-state index in [-0.39, 0.29) is 29.9 Å². The standard InChI is InChI=1S/C14H30N4OS.HI/c1-6-16-13(17-9-7-8-10-20-5)18-11-14(2,3)12(19)15-4;/h6-11H2,1-5H3,(H,15,19)(H2,16,17,18);1H. The van der Waals surface area contributed by atoms with Crippen LogP contribution in [0.4, 0.5) is 0 Å². The lowest BCUT2D eigenvalue weighted by Crippen LogP contribution is -2.41. The van der Waals surface area contributed by atoms with E-state index in [4.69, 9.17) is 0 Å². The third-order valence-corrected chi connectivity index (χ3v) is 3.58. The van der Waals surface area contributed by atoms with E-state index in [9.17, 15) is 4.79 Å². The number of hydrogen-bond acceptors (Lipinski definition) is 3. The van der Waals surface area contributed by atoms with Crippen LogP contribution >= 0.6 is 35.7 Å². The minimum Gasteiger partial charge on any atom is -0.359 e. The van der Waals surface area contributed by atoms with Gasteiger partial charge in [0, 0.05) is 20.1 Å². The molecule has 0 rings (SSSR count). The Morgan fingerprint density at radius 3 is 2.43 bits per heavy atom. The topological polar surface area (TPSA) is 65.5 Å². The van der Waals surface area contributed by atoms with Crippen LogP contribution in [-0.4, -0.2) is 50.6 Å². The van der Waals surface area contributed by atoms with Gasteiger partial charge in [0.15, 0.2) is 5.96 Å². The largest absolute Gasteiger partial charge is 0.359 e. The summed E-state index contributed by atoms with van der Waals surface area (Å²) in [5.74, 6) is 1.99. The van der Waals surface area contributed by atoms with E-state index in [0.29, 0.717) is 6.54 Å². The van der Waals surface area contributed by atoms with E-state index in [1.54, 1.807) is 7.05 Å². The van der Waals surface area contributed by atoms with Gasteiger partial charge in [0.25, 0.3) is 0 Å². The van der Waals surface area contributed by atoms with Crippen molar-refractivity contribution in [1.29, 1.82) is 0 Å². The lowest BCUT2D eigenvalue weighted by molar-refractivity contribution is -0.128. The number of nitrogens with one attached hydrogen (secondary N) is 3. The van der Waals surface area contributed by atoms with Gasteiger partial charge in [-0.1, -0.05) is 0 Å². The monoisotopic (exact) mass is 430 g/mol. The van der Waals surface area contributed by atoms with Gasteiger partial charge in [-0.15, -0.1) is 24.0 Å². The van der Waals surface area contributed by atoms with E-state index >= 15 is 0 Å². The second-order valence-corrected chi connectivity index (χ2v) is 6.27. The van der Waals surface area contributed by atoms with Crippen molar-refractivity contribution >= 4 is 47.6 Å². The van der Waals surface area contributed by atoms with E-state index in [1.807, 2.05) is 32.5 Å². The van der Waals surface area contributed by atoms with Gasteiger partial charge in [0.1, 0.15) is 0 Å². The average molecular weight is 430 g/mol. The van der Waals surface area contributed by atoms with Crippen molar-refractivity contribution in [1.82, 2.24) is 16.0 Å². The molecule has 3 N–H and O–H groups in total. The van der Waals surface area contributed by atoms with Crippen molar-refractivity contribution in [3.8, 4) is 0 Å². The minimum absolute atomic E-state index is 0. The summed E-state index contributed by atoms with van der Waals surface area (Å²) in [6.45, 7) is 8.03. The Morgan fingerprint density at radius 1 is 1.24 bits per heavy atom. The SMILES string of the molecule is CCNC(=NCC(C)(C)C(=O)NC)NCCCCSC.I. The fourth-order valence-corrected chi connectivity index (χ4v) is 2.10. The zero-order chi connectivity index (χ0) is 15.4. The first-order valence-corrected chi connectivity index (χ1v) is 8.60. The number of hydrogen-bond donors (Lipinski definition) is 3. The number of amides is 1. The van der Waals surface area contributed by atoms with Gasteiger partial charge >= 0.3 is 0 Å². The lowest BCUT2D eigenvalue weighted by Gasteiger charge is -2.21. The zero-order valence-corrected chi connectivity index (χ0v) is 17.1. The third kappa shape index (κ3) is 11.1. The van der Waals surface area contributed by atoms with Crippen LogP contribution in [0.25, 0.3) is 0 Å². The molecule has 5 nitrogen and oxygen atoms in total. The quantitative estimate of drug-likeness (QED) is 0.227. The third-order valence-electron chi connectivity index (χ3n) is 2.89. The van der Waals surface area contributed by atoms with Crippen molar-refractivity contribution in [2.24, 2.45) is 10.4 Å². The number of aliphatic imine (C=N–C) groups is 1. The minimum atomic E-state index is -0.490. The van der Waals surface area contributed by atoms with Gasteiger partial charge in [-0.25, -0.2) is 0 Å². The molecule has 0 aromatic heterocycles. The van der Waals surface area contributed by atoms with Crippen molar-refractivity contribution in [3.63, 3.8) is 0 Å². The molecule has 1 amide bonds. The fraction of sp³-hybridized carbons (Fsp3) is 0.857. The number of unbranched alkanes of at least 4 members (excludes halogenated alkanes) is 1. The van der Waals surface area contributed by atoms with E-state index in [0.717, 1.165) is 25.5 Å². The Kier molecular flexibility index (Phi) is 14.8. The van der Waals surface area contributed by atoms with Gasteiger partial charge in [0.2, 0.25) is 5.91 Å². The molecule has 0 saturated carbocycles. The molecular weight excluding hydrogens is 399 g/mol. The normalized spacial score (nSPS) is 11.6. The Morgan fingerprint density at radius 2 is 1.90 bits per heavy atom. The zero-order valence-electron chi connectivity index (χ0n) is 13.9. The summed E-state index contributed by atoms with van der Waals surface area (Å²) >= 11 is 1.87. The summed E-state index contributed by atoms with van der Waals surface area (Å²) in [6, 6.07) is 0. The van der Waals surface area contributed by atoms with Crippen molar-refractivity contribution in [3.05, 3.63) is 0 Å². The van der Waals surface area contributed by atoms with Gasteiger partial charge in [-0.05, 0) is 45.6 Å². The molecule has 0 aromatic rings. The second-order valence-electron chi connectivity index (χ2n) is 5.28. The number of carbonyl (C=O) groups is 1. The average Bonchev–Trinajstić information content (AvgIpc) is 2.43. The van der Waals surface area contributed by atoms with Crippen LogP contribution < -0.4 is 16.0 Å². The summed E-state index contributed by atoms with van der Waals surface area (Å²) in [4.78, 5) is 16.2. The molecule has 0 aliphatic heterocycles. The molecule has 0 bridgehead atoms. The number of thioether (sulfide) groups is 1. The predicted octanol–water partition coefficient (Wildman–Crippen LogP) is 2.07. The summed E-state index contributed by atoms with van der Waals surface area (Å²) in [7, 11) is 1.66. The van der Waals surface area contributed by atoms with E-state index in [1.165, 1.54) is 12.2 Å². The predicted molar refractivity (Wildman–Crippen MR) is 105 cm³/mol. The Bertz CT molecular complexity index is 311. The van der Waals surface area contributed by atoms with Crippen LogP contribution in [0.2, 0.25) is 0 Å². The molecule has 0 unspecified atom stereocenters. The van der Waals surface area contributed by atoms with Gasteiger partial charge in [-0.2, -0.15) is 11.8 Å². The maximum absolute atomic E-state index is 11.7. The Labute approximate surface area is 150 Å². The number of guanidine groups is 1. The highest BCUT2D eigenvalue weighted by atomic mass is 127. The number of halogens is 1. The molecule has 0 heterocycles. The van der Waals surface area contributed by atoms with E-state index in [2.05, 4.69) is 27.2 Å². The van der Waals surface area contributed by atoms with Crippen LogP contribution in [-0.2, 0) is 4.79 Å². The summed E-state index contributed by atoms with van der Waals surface area (Å²) in [5, 5.41) is 9.19. The maximum Gasteiger partial charge on any atom is 0.227 e. The van der Waals surface area contributed by atoms with Crippen molar-refractivity contribution < 1.29 is 4.79 Å². The highest BCUT2D eigenvalue weighted by Crippen LogP contribution is 2.15. The van der Waals surface area contributed by atoms with Gasteiger partial charge in [0.05, 0.1) is 12.0 Å². The number of nitrogens with zero attached hydrogens (tertiary/aromatic N) is 1. The van der Waals surface area contributed by atoms with E-state index < -0.39 is 5.41 Å². The Balaban J connectivity index is 0. The van der Waals surface area contributed by atoms with Crippen molar-refractivity contribution in [2.75, 3.05) is 38.7 Å².